The standard InChI is InChI=1S/C13H8Cl2FN5/c14-8-2-4-12(9(15)6-8)21-13(18-19-20-21)7-1-3-10(16)11(17)5-7/h1-6H,17H2. The minimum Gasteiger partial charge on any atom is -0.396 e. The average Bonchev–Trinajstić information content (AvgIpc) is 2.91. The number of tetrazole rings is 1. The first kappa shape index (κ1) is 13.8. The smallest absolute Gasteiger partial charge is 0.187 e. The van der Waals surface area contributed by atoms with E-state index >= 15 is 0 Å². The lowest BCUT2D eigenvalue weighted by molar-refractivity contribution is 0.632. The molecule has 0 atom stereocenters. The molecule has 0 saturated heterocycles. The summed E-state index contributed by atoms with van der Waals surface area (Å²) in [6, 6.07) is 9.21. The molecule has 3 aromatic rings. The fourth-order valence-electron chi connectivity index (χ4n) is 1.87. The number of hydrogen-bond acceptors (Lipinski definition) is 4. The van der Waals surface area contributed by atoms with E-state index in [1.807, 2.05) is 0 Å². The topological polar surface area (TPSA) is 69.6 Å². The van der Waals surface area contributed by atoms with Crippen molar-refractivity contribution in [2.24, 2.45) is 0 Å². The predicted molar refractivity (Wildman–Crippen MR) is 79.0 cm³/mol. The van der Waals surface area contributed by atoms with Crippen LogP contribution < -0.4 is 5.73 Å². The molecule has 1 heterocycles. The van der Waals surface area contributed by atoms with Gasteiger partial charge in [-0.2, -0.15) is 4.68 Å². The number of nitrogen functional groups attached to an aromatic ring is 1. The minimum atomic E-state index is -0.498. The van der Waals surface area contributed by atoms with Crippen LogP contribution >= 0.6 is 23.2 Å². The summed E-state index contributed by atoms with van der Waals surface area (Å²) in [4.78, 5) is 0. The van der Waals surface area contributed by atoms with E-state index in [2.05, 4.69) is 15.5 Å². The molecule has 3 rings (SSSR count). The third-order valence-electron chi connectivity index (χ3n) is 2.86. The Morgan fingerprint density at radius 1 is 1.10 bits per heavy atom. The van der Waals surface area contributed by atoms with Crippen molar-refractivity contribution >= 4 is 28.9 Å². The number of halogens is 3. The first-order valence-corrected chi connectivity index (χ1v) is 6.61. The Morgan fingerprint density at radius 3 is 2.62 bits per heavy atom. The normalized spacial score (nSPS) is 10.8. The van der Waals surface area contributed by atoms with Crippen LogP contribution in [0.4, 0.5) is 10.1 Å². The van der Waals surface area contributed by atoms with Crippen molar-refractivity contribution < 1.29 is 4.39 Å². The molecule has 21 heavy (non-hydrogen) atoms. The van der Waals surface area contributed by atoms with Crippen LogP contribution in [0.25, 0.3) is 17.1 Å². The minimum absolute atomic E-state index is 0.0178. The lowest BCUT2D eigenvalue weighted by atomic mass is 10.2. The van der Waals surface area contributed by atoms with E-state index in [4.69, 9.17) is 28.9 Å². The van der Waals surface area contributed by atoms with Gasteiger partial charge < -0.3 is 5.73 Å². The molecule has 0 fully saturated rings. The highest BCUT2D eigenvalue weighted by Gasteiger charge is 2.14. The van der Waals surface area contributed by atoms with Gasteiger partial charge in [0.2, 0.25) is 0 Å². The second kappa shape index (κ2) is 5.31. The van der Waals surface area contributed by atoms with E-state index in [0.717, 1.165) is 0 Å². The number of hydrogen-bond donors (Lipinski definition) is 1. The molecule has 0 spiro atoms. The molecule has 8 heteroatoms. The Kier molecular flexibility index (Phi) is 3.48. The van der Waals surface area contributed by atoms with Crippen molar-refractivity contribution in [3.05, 3.63) is 52.3 Å². The molecule has 2 aromatic carbocycles. The maximum atomic E-state index is 13.3. The van der Waals surface area contributed by atoms with Crippen molar-refractivity contribution in [2.75, 3.05) is 5.73 Å². The molecule has 0 aliphatic rings. The molecule has 0 amide bonds. The van der Waals surface area contributed by atoms with Crippen LogP contribution in [0.2, 0.25) is 10.0 Å². The molecule has 0 bridgehead atoms. The van der Waals surface area contributed by atoms with E-state index in [1.54, 1.807) is 18.2 Å². The summed E-state index contributed by atoms with van der Waals surface area (Å²) in [6.45, 7) is 0. The van der Waals surface area contributed by atoms with Crippen LogP contribution in [-0.4, -0.2) is 20.2 Å². The molecular weight excluding hydrogens is 316 g/mol. The van der Waals surface area contributed by atoms with Crippen LogP contribution in [0.3, 0.4) is 0 Å². The molecular formula is C13H8Cl2FN5. The highest BCUT2D eigenvalue weighted by Crippen LogP contribution is 2.28. The monoisotopic (exact) mass is 323 g/mol. The summed E-state index contributed by atoms with van der Waals surface area (Å²) >= 11 is 12.0. The van der Waals surface area contributed by atoms with Gasteiger partial charge in [0.25, 0.3) is 0 Å². The highest BCUT2D eigenvalue weighted by atomic mass is 35.5. The van der Waals surface area contributed by atoms with Crippen molar-refractivity contribution in [3.8, 4) is 17.1 Å². The van der Waals surface area contributed by atoms with Gasteiger partial charge in [0.05, 0.1) is 16.4 Å². The molecule has 0 aliphatic carbocycles. The summed E-state index contributed by atoms with van der Waals surface area (Å²) in [5.41, 5.74) is 6.72. The van der Waals surface area contributed by atoms with E-state index in [9.17, 15) is 4.39 Å². The molecule has 1 aromatic heterocycles. The molecule has 0 radical (unpaired) electrons. The fraction of sp³-hybridized carbons (Fsp3) is 0. The van der Waals surface area contributed by atoms with E-state index in [-0.39, 0.29) is 5.69 Å². The van der Waals surface area contributed by atoms with Gasteiger partial charge in [-0.1, -0.05) is 23.2 Å². The Bertz CT molecular complexity index is 818. The number of anilines is 1. The Morgan fingerprint density at radius 2 is 1.90 bits per heavy atom. The van der Waals surface area contributed by atoms with Crippen LogP contribution in [0.5, 0.6) is 0 Å². The molecule has 5 nitrogen and oxygen atoms in total. The van der Waals surface area contributed by atoms with Gasteiger partial charge in [-0.05, 0) is 46.8 Å². The number of benzene rings is 2. The second-order valence-corrected chi connectivity index (χ2v) is 5.09. The van der Waals surface area contributed by atoms with Gasteiger partial charge in [0.15, 0.2) is 5.82 Å². The third kappa shape index (κ3) is 2.55. The maximum absolute atomic E-state index is 13.3. The second-order valence-electron chi connectivity index (χ2n) is 4.25. The van der Waals surface area contributed by atoms with Gasteiger partial charge in [-0.3, -0.25) is 0 Å². The first-order chi connectivity index (χ1) is 10.1. The molecule has 2 N–H and O–H groups in total. The van der Waals surface area contributed by atoms with Crippen LogP contribution in [0, 0.1) is 5.82 Å². The SMILES string of the molecule is Nc1cc(-c2nnnn2-c2ccc(Cl)cc2Cl)ccc1F. The number of aromatic nitrogens is 4. The number of rotatable bonds is 2. The first-order valence-electron chi connectivity index (χ1n) is 5.85. The Labute approximate surface area is 129 Å². The largest absolute Gasteiger partial charge is 0.396 e. The van der Waals surface area contributed by atoms with Gasteiger partial charge >= 0.3 is 0 Å². The maximum Gasteiger partial charge on any atom is 0.187 e. The van der Waals surface area contributed by atoms with Gasteiger partial charge in [0, 0.05) is 10.6 Å². The van der Waals surface area contributed by atoms with E-state index in [1.165, 1.54) is 22.9 Å². The van der Waals surface area contributed by atoms with Crippen LogP contribution in [0.1, 0.15) is 0 Å². The zero-order chi connectivity index (χ0) is 15.0. The summed E-state index contributed by atoms with van der Waals surface area (Å²) in [6.07, 6.45) is 0. The molecule has 0 saturated carbocycles. The average molecular weight is 324 g/mol. The van der Waals surface area contributed by atoms with Gasteiger partial charge in [0.1, 0.15) is 5.82 Å². The van der Waals surface area contributed by atoms with Gasteiger partial charge in [-0.15, -0.1) is 5.10 Å². The Hall–Kier alpha value is -2.18. The molecule has 106 valence electrons. The van der Waals surface area contributed by atoms with Crippen molar-refractivity contribution in [1.82, 2.24) is 20.2 Å². The molecule has 0 unspecified atom stereocenters. The lowest BCUT2D eigenvalue weighted by Crippen LogP contribution is -2.01. The molecule has 0 aliphatic heterocycles. The van der Waals surface area contributed by atoms with Crippen LogP contribution in [0.15, 0.2) is 36.4 Å². The van der Waals surface area contributed by atoms with Crippen molar-refractivity contribution in [3.63, 3.8) is 0 Å². The zero-order valence-corrected chi connectivity index (χ0v) is 12.0. The predicted octanol–water partition coefficient (Wildman–Crippen LogP) is 3.36. The summed E-state index contributed by atoms with van der Waals surface area (Å²) in [5, 5.41) is 12.4. The lowest BCUT2D eigenvalue weighted by Gasteiger charge is -2.07. The van der Waals surface area contributed by atoms with Gasteiger partial charge in [-0.25, -0.2) is 4.39 Å². The fourth-order valence-corrected chi connectivity index (χ4v) is 2.35. The van der Waals surface area contributed by atoms with E-state index in [0.29, 0.717) is 27.1 Å². The van der Waals surface area contributed by atoms with Crippen molar-refractivity contribution in [2.45, 2.75) is 0 Å². The zero-order valence-electron chi connectivity index (χ0n) is 10.5. The summed E-state index contributed by atoms with van der Waals surface area (Å²) in [5.74, 6) is -0.103. The number of nitrogens with two attached hydrogens (primary N) is 1. The summed E-state index contributed by atoms with van der Waals surface area (Å²) in [7, 11) is 0. The van der Waals surface area contributed by atoms with E-state index < -0.39 is 5.82 Å². The Balaban J connectivity index is 2.14. The quantitative estimate of drug-likeness (QED) is 0.734. The summed E-state index contributed by atoms with van der Waals surface area (Å²) < 4.78 is 14.7. The van der Waals surface area contributed by atoms with Crippen LogP contribution in [-0.2, 0) is 0 Å². The number of nitrogens with zero attached hydrogens (tertiary/aromatic N) is 4. The highest BCUT2D eigenvalue weighted by molar-refractivity contribution is 6.35. The third-order valence-corrected chi connectivity index (χ3v) is 3.40. The van der Waals surface area contributed by atoms with Crippen molar-refractivity contribution in [1.29, 1.82) is 0 Å².